The van der Waals surface area contributed by atoms with Gasteiger partial charge in [-0.2, -0.15) is 0 Å². The Kier molecular flexibility index (Phi) is 4.13. The van der Waals surface area contributed by atoms with Crippen molar-refractivity contribution in [3.63, 3.8) is 0 Å². The Bertz CT molecular complexity index is 748. The fourth-order valence-electron chi connectivity index (χ4n) is 1.97. The van der Waals surface area contributed by atoms with Gasteiger partial charge >= 0.3 is 5.97 Å². The van der Waals surface area contributed by atoms with Crippen LogP contribution >= 0.6 is 0 Å². The number of aromatic nitrogens is 2. The van der Waals surface area contributed by atoms with Gasteiger partial charge in [-0.3, -0.25) is 4.79 Å². The van der Waals surface area contributed by atoms with Crippen LogP contribution in [-0.2, 0) is 14.8 Å². The lowest BCUT2D eigenvalue weighted by molar-refractivity contribution is -0.138. The number of nitrogens with zero attached hydrogens (tertiary/aromatic N) is 2. The first-order valence-corrected chi connectivity index (χ1v) is 7.89. The van der Waals surface area contributed by atoms with Gasteiger partial charge in [-0.15, -0.1) is 0 Å². The molecule has 2 rings (SSSR count). The van der Waals surface area contributed by atoms with Crippen LogP contribution in [0, 0.1) is 6.92 Å². The molecule has 0 aliphatic rings. The first-order chi connectivity index (χ1) is 9.86. The van der Waals surface area contributed by atoms with Gasteiger partial charge in [-0.1, -0.05) is 24.6 Å². The number of carbonyl (C=O) groups is 1. The Labute approximate surface area is 123 Å². The molecule has 2 aromatic rings. The number of imidazole rings is 1. The van der Waals surface area contributed by atoms with Crippen LogP contribution in [-0.4, -0.2) is 28.5 Å². The summed E-state index contributed by atoms with van der Waals surface area (Å²) in [5, 5.41) is 9.09. The minimum atomic E-state index is -3.74. The van der Waals surface area contributed by atoms with Crippen LogP contribution in [0.1, 0.15) is 30.5 Å². The fraction of sp³-hybridized carbons (Fsp3) is 0.286. The van der Waals surface area contributed by atoms with E-state index < -0.39 is 21.9 Å². The van der Waals surface area contributed by atoms with E-state index in [2.05, 4.69) is 4.98 Å². The normalized spacial score (nSPS) is 13.0. The van der Waals surface area contributed by atoms with E-state index in [1.54, 1.807) is 19.1 Å². The first kappa shape index (κ1) is 15.2. The highest BCUT2D eigenvalue weighted by Gasteiger charge is 2.23. The summed E-state index contributed by atoms with van der Waals surface area (Å²) in [6, 6.07) is 6.44. The lowest BCUT2D eigenvalue weighted by atomic mass is 10.0. The van der Waals surface area contributed by atoms with Crippen LogP contribution in [0.2, 0.25) is 0 Å². The van der Waals surface area contributed by atoms with Gasteiger partial charge in [0.25, 0.3) is 10.0 Å². The maximum absolute atomic E-state index is 12.4. The van der Waals surface area contributed by atoms with Gasteiger partial charge in [-0.25, -0.2) is 17.4 Å². The lowest BCUT2D eigenvalue weighted by Gasteiger charge is -2.06. The predicted molar refractivity (Wildman–Crippen MR) is 76.7 cm³/mol. The number of aryl methyl sites for hydroxylation is 1. The second-order valence-electron chi connectivity index (χ2n) is 4.75. The zero-order valence-corrected chi connectivity index (χ0v) is 12.5. The van der Waals surface area contributed by atoms with E-state index in [1.165, 1.54) is 18.3 Å². The number of hydrogen-bond donors (Lipinski definition) is 1. The maximum Gasteiger partial charge on any atom is 0.312 e. The average molecular weight is 308 g/mol. The lowest BCUT2D eigenvalue weighted by Crippen LogP contribution is -2.12. The largest absolute Gasteiger partial charge is 0.481 e. The van der Waals surface area contributed by atoms with E-state index >= 15 is 0 Å². The Morgan fingerprint density at radius 1 is 1.33 bits per heavy atom. The van der Waals surface area contributed by atoms with E-state index in [1.807, 2.05) is 6.92 Å². The summed E-state index contributed by atoms with van der Waals surface area (Å²) in [5.74, 6) is -1.82. The zero-order valence-electron chi connectivity index (χ0n) is 11.7. The molecular formula is C14H16N2O4S. The molecule has 0 fully saturated rings. The molecule has 1 aromatic heterocycles. The van der Waals surface area contributed by atoms with Crippen LogP contribution in [0.5, 0.6) is 0 Å². The Morgan fingerprint density at radius 3 is 2.48 bits per heavy atom. The Morgan fingerprint density at radius 2 is 1.95 bits per heavy atom. The summed E-state index contributed by atoms with van der Waals surface area (Å²) in [4.78, 5) is 15.2. The van der Waals surface area contributed by atoms with Gasteiger partial charge in [0.2, 0.25) is 0 Å². The molecule has 1 heterocycles. The van der Waals surface area contributed by atoms with Crippen LogP contribution in [0.4, 0.5) is 0 Å². The summed E-state index contributed by atoms with van der Waals surface area (Å²) in [6.07, 6.45) is 2.74. The van der Waals surface area contributed by atoms with E-state index in [-0.39, 0.29) is 10.6 Å². The monoisotopic (exact) mass is 308 g/mol. The molecule has 0 saturated carbocycles. The van der Waals surface area contributed by atoms with Crippen molar-refractivity contribution in [3.05, 3.63) is 48.0 Å². The van der Waals surface area contributed by atoms with Crippen molar-refractivity contribution in [1.82, 2.24) is 8.96 Å². The third kappa shape index (κ3) is 2.97. The molecule has 1 unspecified atom stereocenters. The van der Waals surface area contributed by atoms with E-state index in [0.717, 1.165) is 15.9 Å². The second-order valence-corrected chi connectivity index (χ2v) is 6.59. The predicted octanol–water partition coefficient (Wildman–Crippen LogP) is 2.01. The highest BCUT2D eigenvalue weighted by Crippen LogP contribution is 2.20. The Hall–Kier alpha value is -2.15. The number of benzene rings is 1. The van der Waals surface area contributed by atoms with Gasteiger partial charge in [0.15, 0.2) is 0 Å². The quantitative estimate of drug-likeness (QED) is 0.912. The van der Waals surface area contributed by atoms with Crippen LogP contribution < -0.4 is 0 Å². The van der Waals surface area contributed by atoms with Gasteiger partial charge in [0.05, 0.1) is 10.6 Å². The smallest absolute Gasteiger partial charge is 0.312 e. The van der Waals surface area contributed by atoms with Crippen molar-refractivity contribution in [3.8, 4) is 0 Å². The van der Waals surface area contributed by atoms with Gasteiger partial charge < -0.3 is 5.11 Å². The van der Waals surface area contributed by atoms with E-state index in [4.69, 9.17) is 5.11 Å². The SMILES string of the molecule is CCC(C(=O)O)c1cn(S(=O)(=O)c2ccc(C)cc2)cn1. The summed E-state index contributed by atoms with van der Waals surface area (Å²) >= 11 is 0. The second kappa shape index (κ2) is 5.69. The first-order valence-electron chi connectivity index (χ1n) is 6.45. The summed E-state index contributed by atoms with van der Waals surface area (Å²) in [7, 11) is -3.74. The fourth-order valence-corrected chi connectivity index (χ4v) is 3.12. The third-order valence-electron chi connectivity index (χ3n) is 3.24. The van der Waals surface area contributed by atoms with Crippen molar-refractivity contribution < 1.29 is 18.3 Å². The number of carboxylic acid groups (broad SMARTS) is 1. The molecule has 1 aromatic carbocycles. The highest BCUT2D eigenvalue weighted by molar-refractivity contribution is 7.90. The van der Waals surface area contributed by atoms with Crippen molar-refractivity contribution >= 4 is 16.0 Å². The number of hydrogen-bond acceptors (Lipinski definition) is 4. The molecule has 0 aliphatic heterocycles. The van der Waals surface area contributed by atoms with E-state index in [9.17, 15) is 13.2 Å². The number of carboxylic acids is 1. The molecule has 0 radical (unpaired) electrons. The molecule has 1 atom stereocenters. The molecule has 112 valence electrons. The minimum absolute atomic E-state index is 0.139. The molecule has 0 bridgehead atoms. The molecule has 1 N–H and O–H groups in total. The average Bonchev–Trinajstić information content (AvgIpc) is 2.90. The van der Waals surface area contributed by atoms with Crippen molar-refractivity contribution in [1.29, 1.82) is 0 Å². The molecule has 6 nitrogen and oxygen atoms in total. The number of aliphatic carboxylic acids is 1. The summed E-state index contributed by atoms with van der Waals surface area (Å²) in [6.45, 7) is 3.58. The molecule has 0 saturated heterocycles. The zero-order chi connectivity index (χ0) is 15.6. The van der Waals surface area contributed by atoms with Gasteiger partial charge in [-0.05, 0) is 25.5 Å². The summed E-state index contributed by atoms with van der Waals surface area (Å²) < 4.78 is 25.8. The molecule has 7 heteroatoms. The van der Waals surface area contributed by atoms with Gasteiger partial charge in [0.1, 0.15) is 12.2 Å². The van der Waals surface area contributed by atoms with Crippen molar-refractivity contribution in [2.45, 2.75) is 31.1 Å². The molecular weight excluding hydrogens is 292 g/mol. The molecule has 0 aliphatic carbocycles. The molecule has 21 heavy (non-hydrogen) atoms. The Balaban J connectivity index is 2.40. The van der Waals surface area contributed by atoms with Crippen LogP contribution in [0.15, 0.2) is 41.7 Å². The van der Waals surface area contributed by atoms with Crippen LogP contribution in [0.3, 0.4) is 0 Å². The maximum atomic E-state index is 12.4. The van der Waals surface area contributed by atoms with Crippen molar-refractivity contribution in [2.24, 2.45) is 0 Å². The summed E-state index contributed by atoms with van der Waals surface area (Å²) in [5.41, 5.74) is 1.19. The van der Waals surface area contributed by atoms with Gasteiger partial charge in [0, 0.05) is 6.20 Å². The van der Waals surface area contributed by atoms with Crippen molar-refractivity contribution in [2.75, 3.05) is 0 Å². The molecule has 0 spiro atoms. The third-order valence-corrected chi connectivity index (χ3v) is 4.86. The number of rotatable bonds is 5. The highest BCUT2D eigenvalue weighted by atomic mass is 32.2. The van der Waals surface area contributed by atoms with Crippen LogP contribution in [0.25, 0.3) is 0 Å². The minimum Gasteiger partial charge on any atom is -0.481 e. The topological polar surface area (TPSA) is 89.3 Å². The standard InChI is InChI=1S/C14H16N2O4S/c1-3-12(14(17)18)13-8-16(9-15-13)21(19,20)11-6-4-10(2)5-7-11/h4-9,12H,3H2,1-2H3,(H,17,18). The molecule has 0 amide bonds. The van der Waals surface area contributed by atoms with E-state index in [0.29, 0.717) is 6.42 Å².